The Balaban J connectivity index is 2.05. The van der Waals surface area contributed by atoms with Gasteiger partial charge in [-0.05, 0) is 42.4 Å². The van der Waals surface area contributed by atoms with Crippen LogP contribution in [0.2, 0.25) is 0 Å². The second kappa shape index (κ2) is 3.08. The van der Waals surface area contributed by atoms with Crippen molar-refractivity contribution in [2.24, 2.45) is 21.7 Å². The first-order valence-electron chi connectivity index (χ1n) is 5.91. The zero-order chi connectivity index (χ0) is 10.4. The topological polar surface area (TPSA) is 12.4 Å². The fourth-order valence-corrected chi connectivity index (χ4v) is 3.95. The van der Waals surface area contributed by atoms with Crippen LogP contribution in [0.3, 0.4) is 0 Å². The van der Waals surface area contributed by atoms with E-state index in [9.17, 15) is 0 Å². The van der Waals surface area contributed by atoms with Crippen LogP contribution >= 0.6 is 0 Å². The second-order valence-corrected chi connectivity index (χ2v) is 6.72. The van der Waals surface area contributed by atoms with Gasteiger partial charge in [-0.1, -0.05) is 27.7 Å². The first kappa shape index (κ1) is 10.2. The van der Waals surface area contributed by atoms with Gasteiger partial charge in [-0.15, -0.1) is 0 Å². The highest BCUT2D eigenvalue weighted by atomic mass is 14.9. The van der Waals surface area contributed by atoms with Crippen molar-refractivity contribution in [3.05, 3.63) is 0 Å². The summed E-state index contributed by atoms with van der Waals surface area (Å²) < 4.78 is 0. The molecule has 1 saturated carbocycles. The second-order valence-electron chi connectivity index (χ2n) is 6.72. The Morgan fingerprint density at radius 2 is 1.93 bits per heavy atom. The van der Waals surface area contributed by atoms with E-state index in [-0.39, 0.29) is 0 Å². The Morgan fingerprint density at radius 1 is 1.29 bits per heavy atom. The Labute approximate surface area is 88.0 Å². The number of aliphatic imine (C=N–C) groups is 1. The maximum Gasteiger partial charge on any atom is 0.0768 e. The number of hydrogen-bond donors (Lipinski definition) is 0. The third-order valence-electron chi connectivity index (χ3n) is 3.66. The molecule has 1 heteroatoms. The van der Waals surface area contributed by atoms with E-state index in [1.54, 1.807) is 0 Å². The fraction of sp³-hybridized carbons (Fsp3) is 0.923. The molecule has 0 aromatic carbocycles. The molecule has 0 N–H and O–H groups in total. The van der Waals surface area contributed by atoms with Crippen molar-refractivity contribution < 1.29 is 0 Å². The normalized spacial score (nSPS) is 40.6. The molecule has 0 aromatic heterocycles. The highest BCUT2D eigenvalue weighted by molar-refractivity contribution is 5.97. The summed E-state index contributed by atoms with van der Waals surface area (Å²) in [7, 11) is 0. The van der Waals surface area contributed by atoms with Crippen LogP contribution in [0, 0.1) is 16.7 Å². The van der Waals surface area contributed by atoms with E-state index in [2.05, 4.69) is 32.7 Å². The van der Waals surface area contributed by atoms with Crippen LogP contribution in [0.1, 0.15) is 53.4 Å². The van der Waals surface area contributed by atoms with Gasteiger partial charge in [-0.2, -0.15) is 0 Å². The molecule has 1 aliphatic heterocycles. The Bertz CT molecular complexity index is 264. The van der Waals surface area contributed by atoms with Crippen LogP contribution in [0.15, 0.2) is 4.99 Å². The van der Waals surface area contributed by atoms with Gasteiger partial charge in [0.05, 0.1) is 6.54 Å². The largest absolute Gasteiger partial charge is 0.286 e. The van der Waals surface area contributed by atoms with Crippen molar-refractivity contribution in [3.8, 4) is 0 Å². The van der Waals surface area contributed by atoms with Gasteiger partial charge >= 0.3 is 0 Å². The molecule has 80 valence electrons. The van der Waals surface area contributed by atoms with Crippen molar-refractivity contribution in [3.63, 3.8) is 0 Å². The van der Waals surface area contributed by atoms with E-state index in [0.717, 1.165) is 12.5 Å². The maximum absolute atomic E-state index is 4.33. The molecule has 2 unspecified atom stereocenters. The minimum absolute atomic E-state index is 0.538. The molecule has 0 amide bonds. The van der Waals surface area contributed by atoms with Crippen LogP contribution in [0.4, 0.5) is 0 Å². The lowest BCUT2D eigenvalue weighted by Crippen LogP contribution is -2.35. The molecule has 0 radical (unpaired) electrons. The predicted octanol–water partition coefficient (Wildman–Crippen LogP) is 3.68. The zero-order valence-electron chi connectivity index (χ0n) is 10.1. The summed E-state index contributed by atoms with van der Waals surface area (Å²) in [5.41, 5.74) is 2.55. The molecule has 0 bridgehead atoms. The minimum Gasteiger partial charge on any atom is -0.286 e. The van der Waals surface area contributed by atoms with Gasteiger partial charge in [0.25, 0.3) is 0 Å². The van der Waals surface area contributed by atoms with Crippen molar-refractivity contribution in [1.29, 1.82) is 0 Å². The Kier molecular flexibility index (Phi) is 2.24. The van der Waals surface area contributed by atoms with Gasteiger partial charge in [0.15, 0.2) is 0 Å². The van der Waals surface area contributed by atoms with E-state index in [1.807, 2.05) is 0 Å². The summed E-state index contributed by atoms with van der Waals surface area (Å²) in [5, 5.41) is 0. The minimum atomic E-state index is 0.538. The number of rotatable bonds is 2. The van der Waals surface area contributed by atoms with E-state index in [1.165, 1.54) is 31.4 Å². The summed E-state index contributed by atoms with van der Waals surface area (Å²) in [4.78, 5) is 4.33. The SMILES string of the molecule is CC1CC(C)(C)CC(C)(CC2=NC2)C1. The molecule has 2 atom stereocenters. The van der Waals surface area contributed by atoms with E-state index in [4.69, 9.17) is 0 Å². The molecule has 14 heavy (non-hydrogen) atoms. The third kappa shape index (κ3) is 2.37. The summed E-state index contributed by atoms with van der Waals surface area (Å²) in [5.74, 6) is 0.892. The lowest BCUT2D eigenvalue weighted by molar-refractivity contribution is 0.0670. The van der Waals surface area contributed by atoms with Crippen LogP contribution in [0.5, 0.6) is 0 Å². The summed E-state index contributed by atoms with van der Waals surface area (Å²) in [6.45, 7) is 10.8. The van der Waals surface area contributed by atoms with Gasteiger partial charge in [0, 0.05) is 5.71 Å². The van der Waals surface area contributed by atoms with Gasteiger partial charge in [0.1, 0.15) is 0 Å². The number of hydrogen-bond acceptors (Lipinski definition) is 1. The average Bonchev–Trinajstić information content (AvgIpc) is 2.62. The van der Waals surface area contributed by atoms with Gasteiger partial charge in [-0.25, -0.2) is 0 Å². The van der Waals surface area contributed by atoms with Crippen LogP contribution in [0.25, 0.3) is 0 Å². The summed E-state index contributed by atoms with van der Waals surface area (Å²) in [6.07, 6.45) is 5.44. The summed E-state index contributed by atoms with van der Waals surface area (Å²) >= 11 is 0. The Morgan fingerprint density at radius 3 is 2.43 bits per heavy atom. The van der Waals surface area contributed by atoms with Crippen LogP contribution < -0.4 is 0 Å². The quantitative estimate of drug-likeness (QED) is 0.634. The molecule has 2 rings (SSSR count). The van der Waals surface area contributed by atoms with Crippen molar-refractivity contribution >= 4 is 5.71 Å². The smallest absolute Gasteiger partial charge is 0.0768 e. The molecule has 0 spiro atoms. The lowest BCUT2D eigenvalue weighted by Gasteiger charge is -2.45. The molecule has 2 aliphatic rings. The molecule has 0 saturated heterocycles. The third-order valence-corrected chi connectivity index (χ3v) is 3.66. The molecular formula is C13H23N. The molecule has 1 nitrogen and oxygen atoms in total. The van der Waals surface area contributed by atoms with Crippen molar-refractivity contribution in [1.82, 2.24) is 0 Å². The van der Waals surface area contributed by atoms with Crippen LogP contribution in [-0.2, 0) is 0 Å². The summed E-state index contributed by atoms with van der Waals surface area (Å²) in [6, 6.07) is 0. The van der Waals surface area contributed by atoms with Crippen molar-refractivity contribution in [2.45, 2.75) is 53.4 Å². The molecule has 1 aliphatic carbocycles. The molecule has 1 fully saturated rings. The van der Waals surface area contributed by atoms with E-state index < -0.39 is 0 Å². The highest BCUT2D eigenvalue weighted by Gasteiger charge is 2.40. The standard InChI is InChI=1S/C13H23N/c1-10-5-12(2,3)9-13(4,6-10)7-11-8-14-11/h10H,5-9H2,1-4H3. The fourth-order valence-electron chi connectivity index (χ4n) is 3.95. The first-order chi connectivity index (χ1) is 6.39. The predicted molar refractivity (Wildman–Crippen MR) is 61.8 cm³/mol. The number of nitrogens with zero attached hydrogens (tertiary/aromatic N) is 1. The van der Waals surface area contributed by atoms with E-state index >= 15 is 0 Å². The average molecular weight is 193 g/mol. The van der Waals surface area contributed by atoms with E-state index in [0.29, 0.717) is 10.8 Å². The van der Waals surface area contributed by atoms with Gasteiger partial charge in [0.2, 0.25) is 0 Å². The molecule has 1 heterocycles. The zero-order valence-corrected chi connectivity index (χ0v) is 10.1. The van der Waals surface area contributed by atoms with Crippen molar-refractivity contribution in [2.75, 3.05) is 6.54 Å². The monoisotopic (exact) mass is 193 g/mol. The lowest BCUT2D eigenvalue weighted by atomic mass is 9.60. The highest BCUT2D eigenvalue weighted by Crippen LogP contribution is 2.50. The molecular weight excluding hydrogens is 170 g/mol. The van der Waals surface area contributed by atoms with Gasteiger partial charge in [-0.3, -0.25) is 4.99 Å². The molecule has 0 aromatic rings. The van der Waals surface area contributed by atoms with Crippen LogP contribution in [-0.4, -0.2) is 12.3 Å². The van der Waals surface area contributed by atoms with Gasteiger partial charge < -0.3 is 0 Å². The maximum atomic E-state index is 4.33. The first-order valence-corrected chi connectivity index (χ1v) is 5.91. The Hall–Kier alpha value is -0.330.